The van der Waals surface area contributed by atoms with Crippen LogP contribution in [0.1, 0.15) is 52.3 Å². The lowest BCUT2D eigenvalue weighted by molar-refractivity contribution is 0.162. The Labute approximate surface area is 117 Å². The van der Waals surface area contributed by atoms with Crippen molar-refractivity contribution in [3.63, 3.8) is 0 Å². The van der Waals surface area contributed by atoms with Crippen LogP contribution in [0.15, 0.2) is 12.4 Å². The van der Waals surface area contributed by atoms with Gasteiger partial charge in [0.05, 0.1) is 6.61 Å². The number of nitrogens with zero attached hydrogens (tertiary/aromatic N) is 2. The van der Waals surface area contributed by atoms with Crippen molar-refractivity contribution < 1.29 is 5.11 Å². The van der Waals surface area contributed by atoms with Crippen LogP contribution in [0.5, 0.6) is 0 Å². The fourth-order valence-electron chi connectivity index (χ4n) is 2.29. The van der Waals surface area contributed by atoms with Gasteiger partial charge in [0, 0.05) is 30.9 Å². The zero-order valence-corrected chi connectivity index (χ0v) is 12.7. The molecule has 110 valence electrons. The van der Waals surface area contributed by atoms with Crippen molar-refractivity contribution >= 4 is 0 Å². The minimum Gasteiger partial charge on any atom is -0.394 e. The monoisotopic (exact) mass is 267 g/mol. The van der Waals surface area contributed by atoms with Crippen LogP contribution < -0.4 is 5.32 Å². The van der Waals surface area contributed by atoms with Gasteiger partial charge in [-0.2, -0.15) is 0 Å². The van der Waals surface area contributed by atoms with E-state index in [9.17, 15) is 5.11 Å². The third kappa shape index (κ3) is 5.33. The van der Waals surface area contributed by atoms with Crippen LogP contribution in [0.4, 0.5) is 0 Å². The number of aromatic nitrogens is 2. The Morgan fingerprint density at radius 2 is 2.16 bits per heavy atom. The smallest absolute Gasteiger partial charge is 0.108 e. The van der Waals surface area contributed by atoms with Crippen LogP contribution in [0.3, 0.4) is 0 Å². The molecule has 1 heterocycles. The molecule has 0 aliphatic rings. The summed E-state index contributed by atoms with van der Waals surface area (Å²) in [6, 6.07) is 0. The zero-order valence-electron chi connectivity index (χ0n) is 12.7. The molecule has 1 atom stereocenters. The number of imidazole rings is 1. The maximum absolute atomic E-state index is 9.53. The Bertz CT molecular complexity index is 351. The van der Waals surface area contributed by atoms with Crippen LogP contribution in [-0.4, -0.2) is 33.3 Å². The van der Waals surface area contributed by atoms with Crippen molar-refractivity contribution in [2.45, 2.75) is 65.0 Å². The van der Waals surface area contributed by atoms with Gasteiger partial charge in [-0.05, 0) is 39.2 Å². The van der Waals surface area contributed by atoms with Gasteiger partial charge < -0.3 is 15.0 Å². The number of aliphatic hydroxyl groups excluding tert-OH is 1. The normalized spacial score (nSPS) is 14.5. The third-order valence-electron chi connectivity index (χ3n) is 3.55. The largest absolute Gasteiger partial charge is 0.394 e. The highest BCUT2D eigenvalue weighted by molar-refractivity contribution is 4.92. The second-order valence-electron chi connectivity index (χ2n) is 5.54. The maximum atomic E-state index is 9.53. The summed E-state index contributed by atoms with van der Waals surface area (Å²) >= 11 is 0. The van der Waals surface area contributed by atoms with Crippen molar-refractivity contribution in [2.24, 2.45) is 0 Å². The van der Waals surface area contributed by atoms with Gasteiger partial charge in [-0.15, -0.1) is 0 Å². The minimum atomic E-state index is -0.151. The number of aryl methyl sites for hydroxylation is 2. The van der Waals surface area contributed by atoms with Gasteiger partial charge >= 0.3 is 0 Å². The average Bonchev–Trinajstić information content (AvgIpc) is 2.84. The molecule has 19 heavy (non-hydrogen) atoms. The van der Waals surface area contributed by atoms with E-state index in [1.807, 2.05) is 6.20 Å². The summed E-state index contributed by atoms with van der Waals surface area (Å²) in [4.78, 5) is 4.39. The average molecular weight is 267 g/mol. The summed E-state index contributed by atoms with van der Waals surface area (Å²) in [5.74, 6) is 1.18. The molecule has 2 N–H and O–H groups in total. The highest BCUT2D eigenvalue weighted by Gasteiger charge is 2.21. The summed E-state index contributed by atoms with van der Waals surface area (Å²) in [6.45, 7) is 8.56. The topological polar surface area (TPSA) is 50.1 Å². The van der Waals surface area contributed by atoms with Gasteiger partial charge in [0.2, 0.25) is 0 Å². The SMILES string of the molecule is CCCNC(C)(CO)CCCn1ccnc1CCC. The second-order valence-corrected chi connectivity index (χ2v) is 5.54. The van der Waals surface area contributed by atoms with Gasteiger partial charge in [-0.1, -0.05) is 13.8 Å². The molecule has 0 aliphatic heterocycles. The maximum Gasteiger partial charge on any atom is 0.108 e. The number of rotatable bonds is 10. The first-order chi connectivity index (χ1) is 9.15. The van der Waals surface area contributed by atoms with Gasteiger partial charge in [-0.3, -0.25) is 0 Å². The van der Waals surface area contributed by atoms with E-state index in [-0.39, 0.29) is 12.1 Å². The highest BCUT2D eigenvalue weighted by Crippen LogP contribution is 2.13. The van der Waals surface area contributed by atoms with Crippen LogP contribution in [0, 0.1) is 0 Å². The molecule has 0 spiro atoms. The Balaban J connectivity index is 2.41. The molecule has 0 radical (unpaired) electrons. The van der Waals surface area contributed by atoms with Crippen LogP contribution >= 0.6 is 0 Å². The molecule has 0 bridgehead atoms. The molecule has 1 unspecified atom stereocenters. The Hall–Kier alpha value is -0.870. The Morgan fingerprint density at radius 3 is 2.79 bits per heavy atom. The predicted molar refractivity (Wildman–Crippen MR) is 79.2 cm³/mol. The van der Waals surface area contributed by atoms with Gasteiger partial charge in [-0.25, -0.2) is 4.98 Å². The van der Waals surface area contributed by atoms with Crippen molar-refractivity contribution in [1.29, 1.82) is 0 Å². The predicted octanol–water partition coefficient (Wildman–Crippen LogP) is 2.37. The van der Waals surface area contributed by atoms with Gasteiger partial charge in [0.1, 0.15) is 5.82 Å². The van der Waals surface area contributed by atoms with E-state index >= 15 is 0 Å². The van der Waals surface area contributed by atoms with Crippen molar-refractivity contribution in [3.8, 4) is 0 Å². The Kier molecular flexibility index (Phi) is 7.10. The van der Waals surface area contributed by atoms with E-state index in [0.29, 0.717) is 0 Å². The minimum absolute atomic E-state index is 0.151. The van der Waals surface area contributed by atoms with Crippen LogP contribution in [-0.2, 0) is 13.0 Å². The fourth-order valence-corrected chi connectivity index (χ4v) is 2.29. The summed E-state index contributed by atoms with van der Waals surface area (Å²) < 4.78 is 2.24. The van der Waals surface area contributed by atoms with E-state index in [4.69, 9.17) is 0 Å². The summed E-state index contributed by atoms with van der Waals surface area (Å²) in [6.07, 6.45) is 9.24. The molecule has 1 aromatic rings. The van der Waals surface area contributed by atoms with Crippen molar-refractivity contribution in [2.75, 3.05) is 13.2 Å². The molecule has 0 amide bonds. The molecule has 4 heteroatoms. The lowest BCUT2D eigenvalue weighted by atomic mass is 9.96. The summed E-state index contributed by atoms with van der Waals surface area (Å²) in [5.41, 5.74) is -0.151. The molecular formula is C15H29N3O. The molecule has 4 nitrogen and oxygen atoms in total. The zero-order chi connectivity index (χ0) is 14.1. The lowest BCUT2D eigenvalue weighted by Crippen LogP contribution is -2.46. The van der Waals surface area contributed by atoms with Gasteiger partial charge in [0.15, 0.2) is 0 Å². The van der Waals surface area contributed by atoms with E-state index in [2.05, 4.69) is 41.8 Å². The van der Waals surface area contributed by atoms with E-state index < -0.39 is 0 Å². The first-order valence-electron chi connectivity index (χ1n) is 7.51. The quantitative estimate of drug-likeness (QED) is 0.684. The standard InChI is InChI=1S/C15H29N3O/c1-4-7-14-16-10-12-18(14)11-6-8-15(3,13-19)17-9-5-2/h10,12,17,19H,4-9,11,13H2,1-3H3. The highest BCUT2D eigenvalue weighted by atomic mass is 16.3. The van der Waals surface area contributed by atoms with Crippen molar-refractivity contribution in [3.05, 3.63) is 18.2 Å². The molecule has 0 saturated carbocycles. The summed E-state index contributed by atoms with van der Waals surface area (Å²) in [7, 11) is 0. The molecule has 1 rings (SSSR count). The lowest BCUT2D eigenvalue weighted by Gasteiger charge is -2.29. The third-order valence-corrected chi connectivity index (χ3v) is 3.55. The van der Waals surface area contributed by atoms with E-state index in [1.54, 1.807) is 0 Å². The number of nitrogens with one attached hydrogen (secondary N) is 1. The number of hydrogen-bond donors (Lipinski definition) is 2. The van der Waals surface area contributed by atoms with E-state index in [0.717, 1.165) is 45.2 Å². The second kappa shape index (κ2) is 8.33. The van der Waals surface area contributed by atoms with E-state index in [1.165, 1.54) is 5.82 Å². The molecular weight excluding hydrogens is 238 g/mol. The first-order valence-corrected chi connectivity index (χ1v) is 7.51. The summed E-state index contributed by atoms with van der Waals surface area (Å²) in [5, 5.41) is 13.0. The first kappa shape index (κ1) is 16.2. The van der Waals surface area contributed by atoms with Crippen LogP contribution in [0.2, 0.25) is 0 Å². The van der Waals surface area contributed by atoms with Crippen LogP contribution in [0.25, 0.3) is 0 Å². The molecule has 1 aromatic heterocycles. The van der Waals surface area contributed by atoms with Crippen molar-refractivity contribution in [1.82, 2.24) is 14.9 Å². The molecule has 0 saturated heterocycles. The number of hydrogen-bond acceptors (Lipinski definition) is 3. The fraction of sp³-hybridized carbons (Fsp3) is 0.800. The van der Waals surface area contributed by atoms with Gasteiger partial charge in [0.25, 0.3) is 0 Å². The molecule has 0 aromatic carbocycles. The number of aliphatic hydroxyl groups is 1. The molecule has 0 fully saturated rings. The molecule has 0 aliphatic carbocycles. The Morgan fingerprint density at radius 1 is 1.37 bits per heavy atom.